The van der Waals surface area contributed by atoms with E-state index in [1.54, 1.807) is 0 Å². The van der Waals surface area contributed by atoms with Crippen LogP contribution in [0.1, 0.15) is 142 Å². The van der Waals surface area contributed by atoms with E-state index in [2.05, 4.69) is 116 Å². The molecular weight excluding hydrogens is 743 g/mol. The zero-order valence-electron chi connectivity index (χ0n) is 35.0. The van der Waals surface area contributed by atoms with Crippen molar-refractivity contribution in [1.82, 2.24) is 0 Å². The van der Waals surface area contributed by atoms with Crippen molar-refractivity contribution >= 4 is 19.8 Å². The van der Waals surface area contributed by atoms with Crippen LogP contribution >= 0.6 is 7.82 Å². The van der Waals surface area contributed by atoms with E-state index in [-0.39, 0.29) is 19.4 Å². The monoisotopic (exact) mass is 819 g/mol. The van der Waals surface area contributed by atoms with Crippen molar-refractivity contribution in [1.29, 1.82) is 0 Å². The van der Waals surface area contributed by atoms with E-state index in [4.69, 9.17) is 19.1 Å². The van der Waals surface area contributed by atoms with Gasteiger partial charge in [0.15, 0.2) is 6.10 Å². The highest BCUT2D eigenvalue weighted by Crippen LogP contribution is 2.43. The number of allylic oxidation sites excluding steroid dienone is 16. The van der Waals surface area contributed by atoms with Crippen LogP contribution in [0.5, 0.6) is 0 Å². The Hall–Kier alpha value is -3.11. The van der Waals surface area contributed by atoms with Crippen molar-refractivity contribution in [2.75, 3.05) is 26.4 Å². The first-order chi connectivity index (χ1) is 27.7. The second kappa shape index (κ2) is 41.1. The Morgan fingerprint density at radius 2 is 0.965 bits per heavy atom. The lowest BCUT2D eigenvalue weighted by Gasteiger charge is -2.20. The minimum atomic E-state index is -4.64. The van der Waals surface area contributed by atoms with Gasteiger partial charge in [0, 0.05) is 12.8 Å². The molecule has 0 bridgehead atoms. The van der Waals surface area contributed by atoms with Crippen molar-refractivity contribution in [2.24, 2.45) is 0 Å². The summed E-state index contributed by atoms with van der Waals surface area (Å²) >= 11 is 0. The quantitative estimate of drug-likeness (QED) is 0.0238. The molecular formula is C46H75O10P. The summed E-state index contributed by atoms with van der Waals surface area (Å²) < 4.78 is 32.6. The first-order valence-electron chi connectivity index (χ1n) is 21.2. The van der Waals surface area contributed by atoms with Gasteiger partial charge < -0.3 is 24.6 Å². The Bertz CT molecular complexity index is 1260. The molecule has 57 heavy (non-hydrogen) atoms. The number of phosphoric ester groups is 1. The number of hydrogen-bond donors (Lipinski definition) is 3. The van der Waals surface area contributed by atoms with Crippen LogP contribution in [0.3, 0.4) is 0 Å². The van der Waals surface area contributed by atoms with Gasteiger partial charge in [-0.3, -0.25) is 18.6 Å². The van der Waals surface area contributed by atoms with Gasteiger partial charge in [-0.05, 0) is 96.3 Å². The summed E-state index contributed by atoms with van der Waals surface area (Å²) in [5.74, 6) is -1.02. The molecule has 0 amide bonds. The summed E-state index contributed by atoms with van der Waals surface area (Å²) in [4.78, 5) is 35.0. The van der Waals surface area contributed by atoms with E-state index in [9.17, 15) is 24.2 Å². The van der Waals surface area contributed by atoms with Gasteiger partial charge in [0.1, 0.15) is 12.7 Å². The van der Waals surface area contributed by atoms with Crippen LogP contribution in [0.15, 0.2) is 97.2 Å². The number of ether oxygens (including phenoxy) is 2. The number of carbonyl (C=O) groups excluding carboxylic acids is 2. The fourth-order valence-electron chi connectivity index (χ4n) is 4.96. The molecule has 0 spiro atoms. The van der Waals surface area contributed by atoms with Crippen LogP contribution < -0.4 is 0 Å². The van der Waals surface area contributed by atoms with Crippen LogP contribution in [0.2, 0.25) is 0 Å². The van der Waals surface area contributed by atoms with Crippen LogP contribution in [-0.4, -0.2) is 65.7 Å². The van der Waals surface area contributed by atoms with Gasteiger partial charge in [-0.2, -0.15) is 0 Å². The highest BCUT2D eigenvalue weighted by molar-refractivity contribution is 7.47. The Kier molecular flexibility index (Phi) is 38.8. The van der Waals surface area contributed by atoms with Crippen LogP contribution in [0.4, 0.5) is 0 Å². The van der Waals surface area contributed by atoms with E-state index >= 15 is 0 Å². The van der Waals surface area contributed by atoms with Crippen molar-refractivity contribution in [3.05, 3.63) is 97.2 Å². The largest absolute Gasteiger partial charge is 0.472 e. The first-order valence-corrected chi connectivity index (χ1v) is 22.7. The van der Waals surface area contributed by atoms with Crippen molar-refractivity contribution in [3.63, 3.8) is 0 Å². The van der Waals surface area contributed by atoms with Crippen LogP contribution in [-0.2, 0) is 32.7 Å². The molecule has 10 nitrogen and oxygen atoms in total. The van der Waals surface area contributed by atoms with E-state index in [0.717, 1.165) is 83.5 Å². The molecule has 0 aromatic carbocycles. The summed E-state index contributed by atoms with van der Waals surface area (Å²) in [5.41, 5.74) is 0. The summed E-state index contributed by atoms with van der Waals surface area (Å²) in [6, 6.07) is 0. The van der Waals surface area contributed by atoms with Crippen molar-refractivity contribution < 1.29 is 47.8 Å². The van der Waals surface area contributed by atoms with Gasteiger partial charge in [0.2, 0.25) is 0 Å². The molecule has 1 unspecified atom stereocenters. The number of unbranched alkanes of at least 4 members (excludes halogenated alkanes) is 8. The minimum Gasteiger partial charge on any atom is -0.462 e. The molecule has 0 fully saturated rings. The zero-order valence-corrected chi connectivity index (χ0v) is 35.9. The lowest BCUT2D eigenvalue weighted by molar-refractivity contribution is -0.161. The van der Waals surface area contributed by atoms with Crippen molar-refractivity contribution in [2.45, 2.75) is 154 Å². The molecule has 3 atom stereocenters. The lowest BCUT2D eigenvalue weighted by Crippen LogP contribution is -2.29. The van der Waals surface area contributed by atoms with Gasteiger partial charge >= 0.3 is 19.8 Å². The van der Waals surface area contributed by atoms with E-state index in [0.29, 0.717) is 12.8 Å². The second-order valence-electron chi connectivity index (χ2n) is 13.6. The molecule has 11 heteroatoms. The van der Waals surface area contributed by atoms with Crippen LogP contribution in [0.25, 0.3) is 0 Å². The molecule has 3 N–H and O–H groups in total. The number of rotatable bonds is 38. The number of aliphatic hydroxyl groups is 2. The van der Waals surface area contributed by atoms with Crippen LogP contribution in [0, 0.1) is 0 Å². The first kappa shape index (κ1) is 53.9. The van der Waals surface area contributed by atoms with Gasteiger partial charge in [-0.25, -0.2) is 4.57 Å². The predicted octanol–water partition coefficient (Wildman–Crippen LogP) is 11.2. The maximum absolute atomic E-state index is 12.6. The Morgan fingerprint density at radius 1 is 0.544 bits per heavy atom. The third-order valence-corrected chi connectivity index (χ3v) is 9.17. The Balaban J connectivity index is 4.47. The SMILES string of the molecule is CCC=CCC=CCC=CCC=CCC=CCCCCCC(=O)O[C@H](COC(=O)CCCCC=CCC=CCC=CCCCCC)COP(=O)(O)OC[C@@H](O)CO. The molecule has 0 aliphatic rings. The summed E-state index contributed by atoms with van der Waals surface area (Å²) in [5, 5.41) is 18.3. The smallest absolute Gasteiger partial charge is 0.462 e. The molecule has 324 valence electrons. The number of hydrogen-bond acceptors (Lipinski definition) is 9. The molecule has 0 aliphatic heterocycles. The third kappa shape index (κ3) is 40.9. The average molecular weight is 819 g/mol. The molecule has 0 rings (SSSR count). The second-order valence-corrected chi connectivity index (χ2v) is 15.1. The molecule has 0 saturated carbocycles. The maximum atomic E-state index is 12.6. The molecule has 0 aromatic heterocycles. The third-order valence-electron chi connectivity index (χ3n) is 8.22. The number of carbonyl (C=O) groups is 2. The molecule has 0 aliphatic carbocycles. The normalized spacial score (nSPS) is 14.8. The lowest BCUT2D eigenvalue weighted by atomic mass is 10.1. The molecule has 0 saturated heterocycles. The van der Waals surface area contributed by atoms with Gasteiger partial charge in [0.05, 0.1) is 19.8 Å². The molecule has 0 heterocycles. The maximum Gasteiger partial charge on any atom is 0.472 e. The standard InChI is InChI=1S/C46H75O10P/c1-3-5-7-9-11-13-15-17-19-20-21-22-24-26-28-30-32-34-36-38-46(50)56-44(42-55-57(51,52)54-40-43(48)39-47)41-53-45(49)37-35-33-31-29-27-25-23-18-16-14-12-10-8-6-4-2/h5,7,11-14,17-19,21-23,26-29,43-44,47-48H,3-4,6,8-10,15-16,20,24-25,30-42H2,1-2H3,(H,51,52)/t43-,44+/m0/s1. The summed E-state index contributed by atoms with van der Waals surface area (Å²) in [6.07, 6.45) is 49.5. The van der Waals surface area contributed by atoms with E-state index in [1.807, 2.05) is 0 Å². The Labute approximate surface area is 344 Å². The van der Waals surface area contributed by atoms with Gasteiger partial charge in [0.25, 0.3) is 0 Å². The number of phosphoric acid groups is 1. The highest BCUT2D eigenvalue weighted by Gasteiger charge is 2.27. The Morgan fingerprint density at radius 3 is 1.46 bits per heavy atom. The molecule has 0 radical (unpaired) electrons. The van der Waals surface area contributed by atoms with E-state index in [1.165, 1.54) is 19.3 Å². The highest BCUT2D eigenvalue weighted by atomic mass is 31.2. The van der Waals surface area contributed by atoms with E-state index < -0.39 is 51.8 Å². The predicted molar refractivity (Wildman–Crippen MR) is 232 cm³/mol. The zero-order chi connectivity index (χ0) is 41.9. The summed E-state index contributed by atoms with van der Waals surface area (Å²) in [6.45, 7) is 2.12. The topological polar surface area (TPSA) is 149 Å². The fourth-order valence-corrected chi connectivity index (χ4v) is 5.75. The van der Waals surface area contributed by atoms with Gasteiger partial charge in [-0.1, -0.05) is 130 Å². The average Bonchev–Trinajstić information content (AvgIpc) is 3.20. The number of aliphatic hydroxyl groups excluding tert-OH is 2. The molecule has 0 aromatic rings. The summed E-state index contributed by atoms with van der Waals surface area (Å²) in [7, 11) is -4.64. The van der Waals surface area contributed by atoms with Crippen molar-refractivity contribution in [3.8, 4) is 0 Å². The minimum absolute atomic E-state index is 0.131. The number of esters is 2. The fraction of sp³-hybridized carbons (Fsp3) is 0.609. The van der Waals surface area contributed by atoms with Gasteiger partial charge in [-0.15, -0.1) is 0 Å².